The average Bonchev–Trinajstić information content (AvgIpc) is 3.89. The van der Waals surface area contributed by atoms with Gasteiger partial charge >= 0.3 is 71.6 Å². The van der Waals surface area contributed by atoms with E-state index in [9.17, 15) is 57.5 Å². The van der Waals surface area contributed by atoms with Gasteiger partial charge in [-0.2, -0.15) is 0 Å². The van der Waals surface area contributed by atoms with Crippen LogP contribution >= 0.6 is 21.6 Å². The molecule has 0 aromatic rings. The Balaban J connectivity index is -0.000000117. The van der Waals surface area contributed by atoms with Crippen molar-refractivity contribution in [2.24, 2.45) is 57.3 Å². The molecule has 0 spiro atoms. The third-order valence-electron chi connectivity index (χ3n) is 7.44. The van der Waals surface area contributed by atoms with Crippen LogP contribution in [0.4, 0.5) is 0 Å². The topological polar surface area (TPSA) is 760 Å². The van der Waals surface area contributed by atoms with Crippen molar-refractivity contribution in [3.8, 4) is 0 Å². The normalized spacial score (nSPS) is 15.0. The van der Waals surface area contributed by atoms with Crippen molar-refractivity contribution in [3.63, 3.8) is 0 Å². The van der Waals surface area contributed by atoms with Crippen LogP contribution in [0.3, 0.4) is 0 Å². The molecule has 0 amide bonds. The van der Waals surface area contributed by atoms with Gasteiger partial charge in [-0.05, 0) is 59.0 Å². The van der Waals surface area contributed by atoms with E-state index in [0.717, 1.165) is 32.2 Å². The minimum Gasteiger partial charge on any atom is -0.481 e. The Morgan fingerprint density at radius 2 is 0.870 bits per heavy atom. The third-order valence-corrected chi connectivity index (χ3v) is 9.91. The molecular weight excluding hydrogens is 1090 g/mol. The number of aliphatic hydroxyl groups is 2. The number of carboxylic acid groups (broad SMARTS) is 12. The van der Waals surface area contributed by atoms with Crippen LogP contribution in [0.2, 0.25) is 0 Å². The van der Waals surface area contributed by atoms with Crippen molar-refractivity contribution < 1.29 is 129 Å². The number of aliphatic hydroxyl groups excluding tert-OH is 2. The molecule has 35 N–H and O–H groups in total. The molecule has 39 heteroatoms. The van der Waals surface area contributed by atoms with E-state index >= 15 is 0 Å². The van der Waals surface area contributed by atoms with Crippen LogP contribution in [-0.4, -0.2) is 241 Å². The Labute approximate surface area is 447 Å². The molecule has 0 aromatic heterocycles. The largest absolute Gasteiger partial charge is 0.481 e. The molecule has 9 unspecified atom stereocenters. The first-order chi connectivity index (χ1) is 35.2. The van der Waals surface area contributed by atoms with Crippen molar-refractivity contribution in [1.29, 1.82) is 0 Å². The zero-order valence-electron chi connectivity index (χ0n) is 41.9. The molecule has 1 aliphatic rings. The van der Waals surface area contributed by atoms with Gasteiger partial charge in [0.25, 0.3) is 0 Å². The van der Waals surface area contributed by atoms with Crippen LogP contribution in [0.15, 0.2) is 0 Å². The van der Waals surface area contributed by atoms with Gasteiger partial charge in [0.1, 0.15) is 54.4 Å². The maximum absolute atomic E-state index is 10.3. The highest BCUT2D eigenvalue weighted by Crippen LogP contribution is 2.22. The van der Waals surface area contributed by atoms with Gasteiger partial charge in [-0.1, -0.05) is 28.0 Å². The fourth-order valence-electron chi connectivity index (χ4n) is 2.88. The number of rotatable bonds is 26. The van der Waals surface area contributed by atoms with Gasteiger partial charge in [-0.3, -0.25) is 57.5 Å². The maximum atomic E-state index is 10.3. The highest BCUT2D eigenvalue weighted by atomic mass is 33.1. The fourth-order valence-corrected chi connectivity index (χ4v) is 5.10. The van der Waals surface area contributed by atoms with Gasteiger partial charge < -0.3 is 134 Å². The second kappa shape index (κ2) is 56.0. The minimum atomic E-state index is -1.29. The van der Waals surface area contributed by atoms with Crippen LogP contribution < -0.4 is 62.7 Å². The second-order valence-corrected chi connectivity index (χ2v) is 17.1. The van der Waals surface area contributed by atoms with E-state index in [0.29, 0.717) is 13.0 Å². The van der Waals surface area contributed by atoms with Crippen molar-refractivity contribution in [3.05, 3.63) is 0 Å². The molecule has 0 aliphatic carbocycles. The summed E-state index contributed by atoms with van der Waals surface area (Å²) in [5.41, 5.74) is 49.8. The van der Waals surface area contributed by atoms with Crippen molar-refractivity contribution in [1.82, 2.24) is 5.32 Å². The van der Waals surface area contributed by atoms with E-state index < -0.39 is 139 Å². The van der Waals surface area contributed by atoms with E-state index in [1.807, 2.05) is 0 Å². The predicted molar refractivity (Wildman–Crippen MR) is 272 cm³/mol. The molecular formula is C38H79N11O26S2. The van der Waals surface area contributed by atoms with Gasteiger partial charge in [-0.25, -0.2) is 0 Å². The number of unbranched alkanes of at least 4 members (excludes halogenated alkanes) is 1. The van der Waals surface area contributed by atoms with Crippen LogP contribution in [0.5, 0.6) is 0 Å². The van der Waals surface area contributed by atoms with Gasteiger partial charge in [0.05, 0.1) is 25.7 Å². The Kier molecular flexibility index (Phi) is 63.7. The van der Waals surface area contributed by atoms with Crippen molar-refractivity contribution in [2.45, 2.75) is 126 Å². The lowest BCUT2D eigenvalue weighted by molar-refractivity contribution is -0.144. The molecule has 1 saturated heterocycles. The standard InChI is InChI=1S/C6H12N2O4S2.C6H14N2O2.C5H9NO4.C5H9NO2.C4H7NO4.C4H9NO3.C3H7NO3.C3H7NO2.C2H5NO2/c7-3(5(9)10)1-13-14-2-4(8)6(11)12;7-4-2-1-3-5(8)6(9)10;6-3(5(9)10)1-2-4(7)8;7-5(8)4-2-1-3-6-4;5-2(4(8)9)1-3(6)7;1-2(6)3(5)4(7)8;4-2(1-5)3(6)7;1-2(4)3(5)6;3-1-2(4)5/h3-4H,1-2,7-8H2,(H,9,10)(H,11,12);5H,1-4,7-8H2,(H,9,10);3H,1-2,6H2,(H,7,8)(H,9,10);4,6H,1-3H2,(H,7,8);2H,1,5H2,(H,6,7)(H,8,9);2-3,6H,5H2,1H3,(H,7,8);2,5H,1,4H2,(H,6,7);2H,4H2,1H3,(H,5,6);1,3H2,(H,4,5)/t;;;4-;;;;;/m...0...../s1. The maximum Gasteiger partial charge on any atom is 0.323 e. The lowest BCUT2D eigenvalue weighted by Crippen LogP contribution is -2.39. The lowest BCUT2D eigenvalue weighted by Gasteiger charge is -2.07. The van der Waals surface area contributed by atoms with E-state index in [4.69, 9.17) is 123 Å². The molecule has 1 heterocycles. The average molecular weight is 1170 g/mol. The number of nitrogens with one attached hydrogen (secondary N) is 1. The Morgan fingerprint density at radius 3 is 1.04 bits per heavy atom. The molecule has 77 heavy (non-hydrogen) atoms. The summed E-state index contributed by atoms with van der Waals surface area (Å²) in [5, 5.41) is 117. The number of hydrogen-bond donors (Lipinski definition) is 25. The van der Waals surface area contributed by atoms with E-state index in [1.54, 1.807) is 0 Å². The summed E-state index contributed by atoms with van der Waals surface area (Å²) < 4.78 is 0. The number of aliphatic carboxylic acids is 12. The van der Waals surface area contributed by atoms with Gasteiger partial charge in [0.2, 0.25) is 0 Å². The minimum absolute atomic E-state index is 0.0231. The molecule has 37 nitrogen and oxygen atoms in total. The summed E-state index contributed by atoms with van der Waals surface area (Å²) in [6.07, 6.45) is 2.21. The molecule has 0 aromatic carbocycles. The highest BCUT2D eigenvalue weighted by molar-refractivity contribution is 8.76. The first-order valence-corrected chi connectivity index (χ1v) is 24.1. The summed E-state index contributed by atoms with van der Waals surface area (Å²) in [6, 6.07) is -8.19. The lowest BCUT2D eigenvalue weighted by atomic mass is 10.1. The number of carboxylic acids is 12. The van der Waals surface area contributed by atoms with E-state index in [-0.39, 0.29) is 36.9 Å². The van der Waals surface area contributed by atoms with Gasteiger partial charge in [-0.15, -0.1) is 0 Å². The molecule has 0 radical (unpaired) electrons. The Hall–Kier alpha value is -6.18. The molecule has 0 bridgehead atoms. The molecule has 454 valence electrons. The first-order valence-electron chi connectivity index (χ1n) is 21.6. The summed E-state index contributed by atoms with van der Waals surface area (Å²) in [6.45, 7) is 3.43. The Morgan fingerprint density at radius 1 is 0.506 bits per heavy atom. The summed E-state index contributed by atoms with van der Waals surface area (Å²) in [7, 11) is 2.41. The Bertz CT molecular complexity index is 1670. The zero-order valence-corrected chi connectivity index (χ0v) is 43.6. The zero-order chi connectivity index (χ0) is 62.7. The van der Waals surface area contributed by atoms with Gasteiger partial charge in [0.15, 0.2) is 0 Å². The second-order valence-electron chi connectivity index (χ2n) is 14.6. The monoisotopic (exact) mass is 1170 g/mol. The fraction of sp³-hybridized carbons (Fsp3) is 0.684. The number of nitrogens with two attached hydrogens (primary N) is 10. The predicted octanol–water partition coefficient (Wildman–Crippen LogP) is -7.70. The van der Waals surface area contributed by atoms with Crippen molar-refractivity contribution in [2.75, 3.05) is 37.7 Å². The van der Waals surface area contributed by atoms with Crippen LogP contribution in [0.1, 0.15) is 65.2 Å². The molecule has 1 aliphatic heterocycles. The van der Waals surface area contributed by atoms with Crippen LogP contribution in [0.25, 0.3) is 0 Å². The van der Waals surface area contributed by atoms with Crippen LogP contribution in [0, 0.1) is 0 Å². The van der Waals surface area contributed by atoms with Crippen LogP contribution in [-0.2, 0) is 57.5 Å². The first kappa shape index (κ1) is 87.5. The number of carbonyl (C=O) groups is 12. The van der Waals surface area contributed by atoms with Crippen molar-refractivity contribution >= 4 is 93.2 Å². The molecule has 1 fully saturated rings. The SMILES string of the molecule is CC(N)C(=O)O.CC(O)C(N)C(=O)O.NC(CC(=O)O)C(=O)O.NC(CCC(=O)O)C(=O)O.NC(CO)C(=O)O.NC(CSSCC(N)C(=O)O)C(=O)O.NCC(=O)O.NCCCCC(N)C(=O)O.O=C(O)[C@@H]1CCCN1. The molecule has 10 atom stereocenters. The summed E-state index contributed by atoms with van der Waals surface area (Å²) >= 11 is 0. The molecule has 0 saturated carbocycles. The summed E-state index contributed by atoms with van der Waals surface area (Å²) in [4.78, 5) is 119. The third kappa shape index (κ3) is 74.1. The smallest absolute Gasteiger partial charge is 0.323 e. The molecule has 1 rings (SSSR count). The van der Waals surface area contributed by atoms with E-state index in [1.165, 1.54) is 35.4 Å². The van der Waals surface area contributed by atoms with Gasteiger partial charge in [0, 0.05) is 17.9 Å². The quantitative estimate of drug-likeness (QED) is 0.0283. The summed E-state index contributed by atoms with van der Waals surface area (Å²) in [5.74, 6) is -12.3. The highest BCUT2D eigenvalue weighted by Gasteiger charge is 2.20. The number of hydrogen-bond acceptors (Lipinski definition) is 27. The van der Waals surface area contributed by atoms with E-state index in [2.05, 4.69) is 11.1 Å².